The first-order valence-electron chi connectivity index (χ1n) is 10.9. The van der Waals surface area contributed by atoms with Crippen molar-refractivity contribution in [2.75, 3.05) is 6.61 Å². The summed E-state index contributed by atoms with van der Waals surface area (Å²) in [6.45, 7) is 9.67. The summed E-state index contributed by atoms with van der Waals surface area (Å²) in [5.41, 5.74) is 1.44. The van der Waals surface area contributed by atoms with E-state index < -0.39 is 17.3 Å². The van der Waals surface area contributed by atoms with Gasteiger partial charge >= 0.3 is 5.97 Å². The van der Waals surface area contributed by atoms with Gasteiger partial charge in [0.1, 0.15) is 12.4 Å². The Bertz CT molecular complexity index is 1100. The second-order valence-corrected chi connectivity index (χ2v) is 8.98. The van der Waals surface area contributed by atoms with E-state index in [0.29, 0.717) is 22.7 Å². The van der Waals surface area contributed by atoms with Gasteiger partial charge in [-0.15, -0.1) is 0 Å². The van der Waals surface area contributed by atoms with Gasteiger partial charge in [0, 0.05) is 17.4 Å². The molecule has 0 aromatic heterocycles. The molecule has 0 N–H and O–H groups in total. The van der Waals surface area contributed by atoms with Gasteiger partial charge in [0.15, 0.2) is 5.78 Å². The zero-order valence-electron chi connectivity index (χ0n) is 19.1. The number of carbonyl (C=O) groups excluding carboxylic acids is 2. The number of allylic oxidation sites excluding steroid dienone is 2. The van der Waals surface area contributed by atoms with Crippen LogP contribution in [0.2, 0.25) is 5.02 Å². The molecule has 0 aliphatic heterocycles. The zero-order valence-corrected chi connectivity index (χ0v) is 19.9. The van der Waals surface area contributed by atoms with Crippen molar-refractivity contribution in [2.45, 2.75) is 39.5 Å². The molecule has 0 fully saturated rings. The molecule has 2 aromatic carbocycles. The lowest BCUT2D eigenvalue weighted by molar-refractivity contribution is -0.118. The summed E-state index contributed by atoms with van der Waals surface area (Å²) in [6, 6.07) is 16.1. The molecule has 33 heavy (non-hydrogen) atoms. The molecule has 172 valence electrons. The standard InChI is InChI=1S/C27H28ClNO4/c1-5-15-32-29-21(6-2)23-22(30)17-27(3,4)24(19-13-10-14-20(28)16-19)25(23)33-26(31)18-11-8-7-9-12-18/h5,7-14,16,24H,1,6,15,17H2,2-4H3. The normalized spacial score (nSPS) is 18.1. The van der Waals surface area contributed by atoms with E-state index in [0.717, 1.165) is 5.56 Å². The lowest BCUT2D eigenvalue weighted by Gasteiger charge is -2.40. The molecule has 0 spiro atoms. The number of Topliss-reactive ketones (excluding diaryl/α,β-unsaturated/α-hetero) is 1. The van der Waals surface area contributed by atoms with Gasteiger partial charge in [0.2, 0.25) is 0 Å². The fourth-order valence-electron chi connectivity index (χ4n) is 4.13. The molecule has 0 saturated carbocycles. The van der Waals surface area contributed by atoms with Crippen LogP contribution in [0.3, 0.4) is 0 Å². The van der Waals surface area contributed by atoms with E-state index in [1.54, 1.807) is 36.4 Å². The van der Waals surface area contributed by atoms with Gasteiger partial charge in [0.25, 0.3) is 0 Å². The first kappa shape index (κ1) is 24.5. The van der Waals surface area contributed by atoms with Gasteiger partial charge in [-0.2, -0.15) is 0 Å². The highest BCUT2D eigenvalue weighted by molar-refractivity contribution is 6.30. The van der Waals surface area contributed by atoms with Gasteiger partial charge in [-0.1, -0.05) is 80.5 Å². The lowest BCUT2D eigenvalue weighted by atomic mass is 9.65. The van der Waals surface area contributed by atoms with Crippen molar-refractivity contribution in [2.24, 2.45) is 10.6 Å². The van der Waals surface area contributed by atoms with Crippen LogP contribution in [0, 0.1) is 5.41 Å². The Balaban J connectivity index is 2.22. The quantitative estimate of drug-likeness (QED) is 0.147. The molecule has 6 heteroatoms. The van der Waals surface area contributed by atoms with Crippen molar-refractivity contribution in [3.05, 3.63) is 94.7 Å². The molecule has 0 bridgehead atoms. The number of ether oxygens (including phenoxy) is 1. The summed E-state index contributed by atoms with van der Waals surface area (Å²) in [5, 5.41) is 4.74. The Labute approximate surface area is 199 Å². The van der Waals surface area contributed by atoms with E-state index in [1.165, 1.54) is 0 Å². The van der Waals surface area contributed by atoms with E-state index in [-0.39, 0.29) is 30.1 Å². The molecule has 5 nitrogen and oxygen atoms in total. The smallest absolute Gasteiger partial charge is 0.343 e. The Morgan fingerprint density at radius 2 is 1.94 bits per heavy atom. The SMILES string of the molecule is C=CCON=C(CC)C1=C(OC(=O)c2ccccc2)C(c2cccc(Cl)c2)C(C)(C)CC1=O. The number of hydrogen-bond donors (Lipinski definition) is 0. The molecule has 1 aliphatic rings. The molecule has 1 aliphatic carbocycles. The average molecular weight is 466 g/mol. The summed E-state index contributed by atoms with van der Waals surface area (Å²) in [4.78, 5) is 31.8. The summed E-state index contributed by atoms with van der Waals surface area (Å²) < 4.78 is 6.01. The van der Waals surface area contributed by atoms with Crippen molar-refractivity contribution >= 4 is 29.1 Å². The predicted octanol–water partition coefficient (Wildman–Crippen LogP) is 6.50. The molecule has 2 aromatic rings. The highest BCUT2D eigenvalue weighted by Crippen LogP contribution is 2.50. The third-order valence-corrected chi connectivity index (χ3v) is 5.80. The molecule has 0 radical (unpaired) electrons. The van der Waals surface area contributed by atoms with Crippen molar-refractivity contribution in [1.29, 1.82) is 0 Å². The number of esters is 1. The molecular formula is C27H28ClNO4. The van der Waals surface area contributed by atoms with Gasteiger partial charge in [0.05, 0.1) is 16.8 Å². The fourth-order valence-corrected chi connectivity index (χ4v) is 4.33. The van der Waals surface area contributed by atoms with Crippen LogP contribution < -0.4 is 0 Å². The first-order valence-corrected chi connectivity index (χ1v) is 11.3. The Kier molecular flexibility index (Phi) is 7.88. The minimum Gasteiger partial charge on any atom is -0.426 e. The van der Waals surface area contributed by atoms with Crippen molar-refractivity contribution in [3.8, 4) is 0 Å². The highest BCUT2D eigenvalue weighted by atomic mass is 35.5. The van der Waals surface area contributed by atoms with Gasteiger partial charge < -0.3 is 9.57 Å². The minimum atomic E-state index is -0.539. The van der Waals surface area contributed by atoms with E-state index in [1.807, 2.05) is 45.0 Å². The number of benzene rings is 2. The van der Waals surface area contributed by atoms with Crippen LogP contribution in [0.15, 0.2) is 83.7 Å². The second kappa shape index (κ2) is 10.6. The number of halogens is 1. The van der Waals surface area contributed by atoms with Crippen LogP contribution in [0.5, 0.6) is 0 Å². The van der Waals surface area contributed by atoms with E-state index in [9.17, 15) is 9.59 Å². The number of carbonyl (C=O) groups is 2. The van der Waals surface area contributed by atoms with Crippen molar-refractivity contribution in [3.63, 3.8) is 0 Å². The predicted molar refractivity (Wildman–Crippen MR) is 130 cm³/mol. The molecule has 1 atom stereocenters. The maximum Gasteiger partial charge on any atom is 0.343 e. The van der Waals surface area contributed by atoms with Crippen LogP contribution in [0.4, 0.5) is 0 Å². The number of hydrogen-bond acceptors (Lipinski definition) is 5. The van der Waals surface area contributed by atoms with Crippen molar-refractivity contribution in [1.82, 2.24) is 0 Å². The maximum atomic E-state index is 13.4. The van der Waals surface area contributed by atoms with Crippen LogP contribution in [0.1, 0.15) is 55.5 Å². The van der Waals surface area contributed by atoms with E-state index >= 15 is 0 Å². The van der Waals surface area contributed by atoms with Crippen LogP contribution in [-0.4, -0.2) is 24.1 Å². The van der Waals surface area contributed by atoms with Crippen LogP contribution >= 0.6 is 11.6 Å². The first-order chi connectivity index (χ1) is 15.8. The van der Waals surface area contributed by atoms with E-state index in [2.05, 4.69) is 11.7 Å². The minimum absolute atomic E-state index is 0.142. The van der Waals surface area contributed by atoms with Crippen LogP contribution in [0.25, 0.3) is 0 Å². The maximum absolute atomic E-state index is 13.4. The molecule has 0 saturated heterocycles. The summed E-state index contributed by atoms with van der Waals surface area (Å²) in [6.07, 6.45) is 2.25. The molecule has 1 unspecified atom stereocenters. The van der Waals surface area contributed by atoms with E-state index in [4.69, 9.17) is 21.2 Å². The fraction of sp³-hybridized carbons (Fsp3) is 0.296. The summed E-state index contributed by atoms with van der Waals surface area (Å²) in [7, 11) is 0. The molecule has 0 heterocycles. The molecule has 0 amide bonds. The molecular weight excluding hydrogens is 438 g/mol. The monoisotopic (exact) mass is 465 g/mol. The second-order valence-electron chi connectivity index (χ2n) is 8.55. The highest BCUT2D eigenvalue weighted by Gasteiger charge is 2.46. The van der Waals surface area contributed by atoms with Crippen molar-refractivity contribution < 1.29 is 19.2 Å². The third kappa shape index (κ3) is 5.60. The molecule has 3 rings (SSSR count). The zero-order chi connectivity index (χ0) is 24.0. The van der Waals surface area contributed by atoms with Gasteiger partial charge in [-0.25, -0.2) is 4.79 Å². The third-order valence-electron chi connectivity index (χ3n) is 5.57. The number of ketones is 1. The number of oxime groups is 1. The largest absolute Gasteiger partial charge is 0.426 e. The Morgan fingerprint density at radius 1 is 1.21 bits per heavy atom. The topological polar surface area (TPSA) is 65.0 Å². The Hall–Kier alpha value is -3.18. The Morgan fingerprint density at radius 3 is 2.58 bits per heavy atom. The van der Waals surface area contributed by atoms with Crippen LogP contribution in [-0.2, 0) is 14.4 Å². The summed E-state index contributed by atoms with van der Waals surface area (Å²) in [5.74, 6) is -0.803. The number of rotatable bonds is 8. The van der Waals surface area contributed by atoms with Gasteiger partial charge in [-0.3, -0.25) is 4.79 Å². The number of nitrogens with zero attached hydrogens (tertiary/aromatic N) is 1. The average Bonchev–Trinajstić information content (AvgIpc) is 2.77. The lowest BCUT2D eigenvalue weighted by Crippen LogP contribution is -2.37. The summed E-state index contributed by atoms with van der Waals surface area (Å²) >= 11 is 6.30. The van der Waals surface area contributed by atoms with Gasteiger partial charge in [-0.05, 0) is 41.7 Å².